The predicted molar refractivity (Wildman–Crippen MR) is 94.4 cm³/mol. The molecule has 1 amide bonds. The number of carboxylic acid groups (broad SMARTS) is 1. The standard InChI is InChI=1S/C20H19NO4/c1-20(19(23)24)8-9-21(12-20)18(22)11-14-10-16-15-5-3-2-4-13(15)6-7-17(16)25-14/h2-7,10H,8-9,11-12H2,1H3,(H,23,24). The Morgan fingerprint density at radius 2 is 2.00 bits per heavy atom. The average molecular weight is 337 g/mol. The van der Waals surface area contributed by atoms with E-state index in [0.717, 1.165) is 21.7 Å². The first-order chi connectivity index (χ1) is 12.0. The molecule has 0 radical (unpaired) electrons. The van der Waals surface area contributed by atoms with Gasteiger partial charge in [0.05, 0.1) is 11.8 Å². The second-order valence-electron chi connectivity index (χ2n) is 7.02. The molecule has 5 nitrogen and oxygen atoms in total. The number of benzene rings is 2. The van der Waals surface area contributed by atoms with Crippen LogP contribution in [0, 0.1) is 5.41 Å². The summed E-state index contributed by atoms with van der Waals surface area (Å²) in [5.41, 5.74) is -0.0852. The fraction of sp³-hybridized carbons (Fsp3) is 0.300. The third-order valence-electron chi connectivity index (χ3n) is 5.14. The molecule has 2 aromatic carbocycles. The zero-order chi connectivity index (χ0) is 17.6. The molecule has 0 bridgehead atoms. The van der Waals surface area contributed by atoms with Gasteiger partial charge in [-0.2, -0.15) is 0 Å². The minimum Gasteiger partial charge on any atom is -0.481 e. The summed E-state index contributed by atoms with van der Waals surface area (Å²) in [7, 11) is 0. The van der Waals surface area contributed by atoms with E-state index in [1.807, 2.05) is 42.5 Å². The number of nitrogens with zero attached hydrogens (tertiary/aromatic N) is 1. The van der Waals surface area contributed by atoms with E-state index in [0.29, 0.717) is 18.7 Å². The predicted octanol–water partition coefficient (Wildman–Crippen LogP) is 3.45. The maximum absolute atomic E-state index is 12.5. The van der Waals surface area contributed by atoms with Gasteiger partial charge in [-0.25, -0.2) is 0 Å². The molecule has 5 heteroatoms. The molecule has 1 N–H and O–H groups in total. The molecule has 1 aliphatic heterocycles. The first kappa shape index (κ1) is 15.7. The zero-order valence-electron chi connectivity index (χ0n) is 14.0. The minimum atomic E-state index is -0.849. The number of aliphatic carboxylic acids is 1. The van der Waals surface area contributed by atoms with Gasteiger partial charge in [0.25, 0.3) is 0 Å². The zero-order valence-corrected chi connectivity index (χ0v) is 14.0. The Hall–Kier alpha value is -2.82. The van der Waals surface area contributed by atoms with Crippen LogP contribution in [0.1, 0.15) is 19.1 Å². The molecule has 3 aromatic rings. The summed E-state index contributed by atoms with van der Waals surface area (Å²) < 4.78 is 5.84. The van der Waals surface area contributed by atoms with Gasteiger partial charge in [0.1, 0.15) is 11.3 Å². The number of amides is 1. The fourth-order valence-corrected chi connectivity index (χ4v) is 3.54. The highest BCUT2D eigenvalue weighted by atomic mass is 16.4. The third kappa shape index (κ3) is 2.65. The number of rotatable bonds is 3. The van der Waals surface area contributed by atoms with E-state index >= 15 is 0 Å². The van der Waals surface area contributed by atoms with Crippen LogP contribution in [-0.2, 0) is 16.0 Å². The topological polar surface area (TPSA) is 70.8 Å². The van der Waals surface area contributed by atoms with Crippen LogP contribution < -0.4 is 0 Å². The Bertz CT molecular complexity index is 990. The second kappa shape index (κ2) is 5.62. The Kier molecular flexibility index (Phi) is 3.53. The van der Waals surface area contributed by atoms with E-state index in [9.17, 15) is 14.7 Å². The summed E-state index contributed by atoms with van der Waals surface area (Å²) in [6.45, 7) is 2.42. The van der Waals surface area contributed by atoms with Crippen molar-refractivity contribution in [2.24, 2.45) is 5.41 Å². The molecule has 1 fully saturated rings. The van der Waals surface area contributed by atoms with Gasteiger partial charge >= 0.3 is 5.97 Å². The molecule has 25 heavy (non-hydrogen) atoms. The van der Waals surface area contributed by atoms with E-state index in [1.165, 1.54) is 0 Å². The van der Waals surface area contributed by atoms with Gasteiger partial charge < -0.3 is 14.4 Å². The molecular formula is C20H19NO4. The van der Waals surface area contributed by atoms with Crippen LogP contribution in [0.3, 0.4) is 0 Å². The molecule has 0 saturated carbocycles. The summed E-state index contributed by atoms with van der Waals surface area (Å²) in [4.78, 5) is 25.5. The molecule has 1 atom stereocenters. The number of carbonyl (C=O) groups excluding carboxylic acids is 1. The van der Waals surface area contributed by atoms with Crippen molar-refractivity contribution in [1.82, 2.24) is 4.90 Å². The van der Waals surface area contributed by atoms with Gasteiger partial charge in [0, 0.05) is 18.5 Å². The lowest BCUT2D eigenvalue weighted by Gasteiger charge is -2.19. The summed E-state index contributed by atoms with van der Waals surface area (Å²) in [5.74, 6) is -0.327. The van der Waals surface area contributed by atoms with Gasteiger partial charge in [-0.1, -0.05) is 30.3 Å². The first-order valence-corrected chi connectivity index (χ1v) is 8.38. The number of fused-ring (bicyclic) bond motifs is 3. The van der Waals surface area contributed by atoms with Crippen LogP contribution in [-0.4, -0.2) is 35.0 Å². The maximum atomic E-state index is 12.5. The molecule has 128 valence electrons. The van der Waals surface area contributed by atoms with Crippen molar-refractivity contribution in [2.75, 3.05) is 13.1 Å². The van der Waals surface area contributed by atoms with E-state index in [1.54, 1.807) is 11.8 Å². The van der Waals surface area contributed by atoms with Gasteiger partial charge in [-0.15, -0.1) is 0 Å². The van der Waals surface area contributed by atoms with E-state index < -0.39 is 11.4 Å². The van der Waals surface area contributed by atoms with Crippen LogP contribution in [0.25, 0.3) is 21.7 Å². The number of carboxylic acids is 1. The summed E-state index contributed by atoms with van der Waals surface area (Å²) in [6, 6.07) is 13.9. The van der Waals surface area contributed by atoms with E-state index in [2.05, 4.69) is 0 Å². The number of hydrogen-bond acceptors (Lipinski definition) is 3. The van der Waals surface area contributed by atoms with E-state index in [4.69, 9.17) is 4.42 Å². The second-order valence-corrected chi connectivity index (χ2v) is 7.02. The number of carbonyl (C=O) groups is 2. The average Bonchev–Trinajstić information content (AvgIpc) is 3.19. The largest absolute Gasteiger partial charge is 0.481 e. The highest BCUT2D eigenvalue weighted by molar-refractivity contribution is 6.06. The van der Waals surface area contributed by atoms with Crippen LogP contribution >= 0.6 is 0 Å². The molecule has 1 saturated heterocycles. The normalized spacial score (nSPS) is 20.4. The molecule has 0 spiro atoms. The Morgan fingerprint density at radius 3 is 2.76 bits per heavy atom. The van der Waals surface area contributed by atoms with Crippen molar-refractivity contribution in [3.8, 4) is 0 Å². The Balaban J connectivity index is 1.58. The molecular weight excluding hydrogens is 318 g/mol. The number of hydrogen-bond donors (Lipinski definition) is 1. The quantitative estimate of drug-likeness (QED) is 0.794. The van der Waals surface area contributed by atoms with Crippen molar-refractivity contribution in [2.45, 2.75) is 19.8 Å². The SMILES string of the molecule is CC1(C(=O)O)CCN(C(=O)Cc2cc3c(ccc4ccccc43)o2)C1. The molecule has 1 aromatic heterocycles. The van der Waals surface area contributed by atoms with Gasteiger partial charge in [-0.05, 0) is 36.2 Å². The molecule has 2 heterocycles. The summed E-state index contributed by atoms with van der Waals surface area (Å²) in [5, 5.41) is 12.5. The Labute approximate surface area is 144 Å². The Morgan fingerprint density at radius 1 is 1.20 bits per heavy atom. The first-order valence-electron chi connectivity index (χ1n) is 8.38. The summed E-state index contributed by atoms with van der Waals surface area (Å²) in [6.07, 6.45) is 0.636. The van der Waals surface area contributed by atoms with Gasteiger partial charge in [-0.3, -0.25) is 9.59 Å². The molecule has 1 unspecified atom stereocenters. The maximum Gasteiger partial charge on any atom is 0.311 e. The van der Waals surface area contributed by atoms with Crippen molar-refractivity contribution in [3.05, 3.63) is 48.2 Å². The lowest BCUT2D eigenvalue weighted by Crippen LogP contribution is -2.35. The van der Waals surface area contributed by atoms with Crippen LogP contribution in [0.4, 0.5) is 0 Å². The fourth-order valence-electron chi connectivity index (χ4n) is 3.54. The van der Waals surface area contributed by atoms with Gasteiger partial charge in [0.2, 0.25) is 5.91 Å². The number of likely N-dealkylation sites (tertiary alicyclic amines) is 1. The third-order valence-corrected chi connectivity index (χ3v) is 5.14. The number of furan rings is 1. The van der Waals surface area contributed by atoms with Crippen molar-refractivity contribution >= 4 is 33.6 Å². The van der Waals surface area contributed by atoms with Crippen molar-refractivity contribution < 1.29 is 19.1 Å². The highest BCUT2D eigenvalue weighted by Gasteiger charge is 2.42. The van der Waals surface area contributed by atoms with Crippen molar-refractivity contribution in [1.29, 1.82) is 0 Å². The van der Waals surface area contributed by atoms with Crippen LogP contribution in [0.15, 0.2) is 46.9 Å². The highest BCUT2D eigenvalue weighted by Crippen LogP contribution is 2.32. The summed E-state index contributed by atoms with van der Waals surface area (Å²) >= 11 is 0. The van der Waals surface area contributed by atoms with Gasteiger partial charge in [0.15, 0.2) is 0 Å². The minimum absolute atomic E-state index is 0.0895. The van der Waals surface area contributed by atoms with Crippen molar-refractivity contribution in [3.63, 3.8) is 0 Å². The van der Waals surface area contributed by atoms with E-state index in [-0.39, 0.29) is 18.9 Å². The molecule has 0 aliphatic carbocycles. The molecule has 4 rings (SSSR count). The van der Waals surface area contributed by atoms with Crippen LogP contribution in [0.5, 0.6) is 0 Å². The smallest absolute Gasteiger partial charge is 0.311 e. The monoisotopic (exact) mass is 337 g/mol. The van der Waals surface area contributed by atoms with Crippen LogP contribution in [0.2, 0.25) is 0 Å². The molecule has 1 aliphatic rings. The lowest BCUT2D eigenvalue weighted by atomic mass is 9.90. The lowest BCUT2D eigenvalue weighted by molar-refractivity contribution is -0.147.